The highest BCUT2D eigenvalue weighted by atomic mass is 16.5. The lowest BCUT2D eigenvalue weighted by Crippen LogP contribution is -2.35. The molecule has 4 nitrogen and oxygen atoms in total. The predicted octanol–water partition coefficient (Wildman–Crippen LogP) is 0.759. The molecule has 1 amide bonds. The van der Waals surface area contributed by atoms with Crippen LogP contribution in [-0.2, 0) is 9.53 Å². The van der Waals surface area contributed by atoms with Gasteiger partial charge in [-0.3, -0.25) is 4.79 Å². The van der Waals surface area contributed by atoms with Crippen molar-refractivity contribution in [3.05, 3.63) is 0 Å². The van der Waals surface area contributed by atoms with Gasteiger partial charge in [0.15, 0.2) is 0 Å². The Kier molecular flexibility index (Phi) is 7.34. The van der Waals surface area contributed by atoms with Crippen LogP contribution in [0.1, 0.15) is 27.2 Å². The zero-order valence-electron chi connectivity index (χ0n) is 10.2. The molecule has 0 radical (unpaired) electrons. The Bertz CT molecular complexity index is 179. The maximum atomic E-state index is 11.5. The van der Waals surface area contributed by atoms with Crippen molar-refractivity contribution < 1.29 is 9.53 Å². The van der Waals surface area contributed by atoms with Gasteiger partial charge in [-0.25, -0.2) is 0 Å². The third-order valence-corrected chi connectivity index (χ3v) is 2.77. The first kappa shape index (κ1) is 14.4. The van der Waals surface area contributed by atoms with Crippen molar-refractivity contribution >= 4 is 5.91 Å². The molecule has 0 rings (SSSR count). The summed E-state index contributed by atoms with van der Waals surface area (Å²) in [7, 11) is 1.57. The second-order valence-corrected chi connectivity index (χ2v) is 4.32. The van der Waals surface area contributed by atoms with Crippen LogP contribution in [0.2, 0.25) is 0 Å². The number of rotatable bonds is 7. The van der Waals surface area contributed by atoms with Crippen LogP contribution in [0.25, 0.3) is 0 Å². The normalized spacial score (nSPS) is 15.1. The van der Waals surface area contributed by atoms with Crippen LogP contribution < -0.4 is 11.1 Å². The fourth-order valence-electron chi connectivity index (χ4n) is 1.05. The topological polar surface area (TPSA) is 64.3 Å². The SMILES string of the molecule is COC(CN)CC(=O)NCC(C)C(C)C. The molecule has 2 unspecified atom stereocenters. The van der Waals surface area contributed by atoms with Gasteiger partial charge in [-0.05, 0) is 11.8 Å². The summed E-state index contributed by atoms with van der Waals surface area (Å²) in [5.74, 6) is 1.09. The molecule has 3 N–H and O–H groups in total. The molecule has 0 aliphatic carbocycles. The fraction of sp³-hybridized carbons (Fsp3) is 0.909. The number of amides is 1. The molecule has 0 aromatic rings. The van der Waals surface area contributed by atoms with Crippen molar-refractivity contribution in [3.63, 3.8) is 0 Å². The Morgan fingerprint density at radius 1 is 1.40 bits per heavy atom. The van der Waals surface area contributed by atoms with Gasteiger partial charge in [0, 0.05) is 20.2 Å². The lowest BCUT2D eigenvalue weighted by Gasteiger charge is -2.17. The summed E-state index contributed by atoms with van der Waals surface area (Å²) in [5.41, 5.74) is 5.43. The number of ether oxygens (including phenoxy) is 1. The predicted molar refractivity (Wildman–Crippen MR) is 61.5 cm³/mol. The van der Waals surface area contributed by atoms with E-state index < -0.39 is 0 Å². The molecule has 4 heteroatoms. The third kappa shape index (κ3) is 6.47. The fourth-order valence-corrected chi connectivity index (χ4v) is 1.05. The van der Waals surface area contributed by atoms with E-state index in [9.17, 15) is 4.79 Å². The number of hydrogen-bond donors (Lipinski definition) is 2. The summed E-state index contributed by atoms with van der Waals surface area (Å²) in [5, 5.41) is 2.89. The number of nitrogens with one attached hydrogen (secondary N) is 1. The smallest absolute Gasteiger partial charge is 0.222 e. The van der Waals surface area contributed by atoms with E-state index in [4.69, 9.17) is 10.5 Å². The number of nitrogens with two attached hydrogens (primary N) is 1. The van der Waals surface area contributed by atoms with Gasteiger partial charge in [0.25, 0.3) is 0 Å². The Labute approximate surface area is 92.6 Å². The highest BCUT2D eigenvalue weighted by Gasteiger charge is 2.13. The van der Waals surface area contributed by atoms with Crippen molar-refractivity contribution in [3.8, 4) is 0 Å². The first-order chi connectivity index (χ1) is 7.01. The van der Waals surface area contributed by atoms with E-state index in [0.717, 1.165) is 6.54 Å². The molecule has 0 aliphatic rings. The zero-order chi connectivity index (χ0) is 11.8. The Balaban J connectivity index is 3.74. The van der Waals surface area contributed by atoms with Gasteiger partial charge in [0.05, 0.1) is 12.5 Å². The molecule has 0 aliphatic heterocycles. The molecule has 0 fully saturated rings. The monoisotopic (exact) mass is 216 g/mol. The summed E-state index contributed by atoms with van der Waals surface area (Å²) < 4.78 is 5.04. The summed E-state index contributed by atoms with van der Waals surface area (Å²) in [4.78, 5) is 11.5. The van der Waals surface area contributed by atoms with Crippen LogP contribution in [0.4, 0.5) is 0 Å². The van der Waals surface area contributed by atoms with Gasteiger partial charge < -0.3 is 15.8 Å². The zero-order valence-corrected chi connectivity index (χ0v) is 10.2. The second-order valence-electron chi connectivity index (χ2n) is 4.32. The molecule has 0 saturated carbocycles. The lowest BCUT2D eigenvalue weighted by molar-refractivity contribution is -0.123. The minimum atomic E-state index is -0.167. The summed E-state index contributed by atoms with van der Waals surface area (Å²) in [6.07, 6.45) is 0.178. The quantitative estimate of drug-likeness (QED) is 0.660. The molecule has 0 bridgehead atoms. The van der Waals surface area contributed by atoms with Gasteiger partial charge >= 0.3 is 0 Å². The number of carbonyl (C=O) groups excluding carboxylic acids is 1. The molecular formula is C11H24N2O2. The van der Waals surface area contributed by atoms with E-state index in [2.05, 4.69) is 26.1 Å². The van der Waals surface area contributed by atoms with Gasteiger partial charge in [-0.2, -0.15) is 0 Å². The molecule has 0 aromatic carbocycles. The molecule has 15 heavy (non-hydrogen) atoms. The van der Waals surface area contributed by atoms with Crippen LogP contribution in [0.5, 0.6) is 0 Å². The largest absolute Gasteiger partial charge is 0.380 e. The van der Waals surface area contributed by atoms with E-state index in [1.165, 1.54) is 0 Å². The lowest BCUT2D eigenvalue weighted by atomic mass is 9.98. The molecule has 0 spiro atoms. The van der Waals surface area contributed by atoms with Gasteiger partial charge in [0.1, 0.15) is 0 Å². The molecule has 0 saturated heterocycles. The maximum absolute atomic E-state index is 11.5. The maximum Gasteiger partial charge on any atom is 0.222 e. The van der Waals surface area contributed by atoms with E-state index in [0.29, 0.717) is 24.8 Å². The molecule has 0 aromatic heterocycles. The minimum Gasteiger partial charge on any atom is -0.380 e. The Morgan fingerprint density at radius 3 is 2.40 bits per heavy atom. The van der Waals surface area contributed by atoms with E-state index in [-0.39, 0.29) is 12.0 Å². The van der Waals surface area contributed by atoms with Crippen molar-refractivity contribution in [2.24, 2.45) is 17.6 Å². The molecule has 2 atom stereocenters. The Hall–Kier alpha value is -0.610. The van der Waals surface area contributed by atoms with Crippen LogP contribution in [0, 0.1) is 11.8 Å². The molecule has 90 valence electrons. The number of hydrogen-bond acceptors (Lipinski definition) is 3. The van der Waals surface area contributed by atoms with Crippen molar-refractivity contribution in [2.45, 2.75) is 33.3 Å². The number of carbonyl (C=O) groups is 1. The first-order valence-corrected chi connectivity index (χ1v) is 5.50. The van der Waals surface area contributed by atoms with Crippen molar-refractivity contribution in [1.82, 2.24) is 5.32 Å². The summed E-state index contributed by atoms with van der Waals surface area (Å²) in [6, 6.07) is 0. The minimum absolute atomic E-state index is 0.0137. The molecular weight excluding hydrogens is 192 g/mol. The second kappa shape index (κ2) is 7.65. The van der Waals surface area contributed by atoms with Gasteiger partial charge in [0.2, 0.25) is 5.91 Å². The summed E-state index contributed by atoms with van der Waals surface area (Å²) in [6.45, 7) is 7.52. The van der Waals surface area contributed by atoms with Crippen LogP contribution in [0.15, 0.2) is 0 Å². The van der Waals surface area contributed by atoms with Crippen LogP contribution >= 0.6 is 0 Å². The van der Waals surface area contributed by atoms with Crippen LogP contribution in [-0.4, -0.2) is 32.2 Å². The van der Waals surface area contributed by atoms with Gasteiger partial charge in [-0.15, -0.1) is 0 Å². The number of methoxy groups -OCH3 is 1. The van der Waals surface area contributed by atoms with E-state index >= 15 is 0 Å². The summed E-state index contributed by atoms with van der Waals surface area (Å²) >= 11 is 0. The van der Waals surface area contributed by atoms with E-state index in [1.807, 2.05) is 0 Å². The standard InChI is InChI=1S/C11H24N2O2/c1-8(2)9(3)7-13-11(14)5-10(6-12)15-4/h8-10H,5-7,12H2,1-4H3,(H,13,14). The van der Waals surface area contributed by atoms with Crippen molar-refractivity contribution in [2.75, 3.05) is 20.2 Å². The average molecular weight is 216 g/mol. The first-order valence-electron chi connectivity index (χ1n) is 5.50. The Morgan fingerprint density at radius 2 is 2.00 bits per heavy atom. The third-order valence-electron chi connectivity index (χ3n) is 2.77. The highest BCUT2D eigenvalue weighted by molar-refractivity contribution is 5.76. The van der Waals surface area contributed by atoms with Crippen LogP contribution in [0.3, 0.4) is 0 Å². The average Bonchev–Trinajstić information content (AvgIpc) is 2.22. The molecule has 0 heterocycles. The van der Waals surface area contributed by atoms with E-state index in [1.54, 1.807) is 7.11 Å². The van der Waals surface area contributed by atoms with Crippen molar-refractivity contribution in [1.29, 1.82) is 0 Å². The highest BCUT2D eigenvalue weighted by Crippen LogP contribution is 2.07. The van der Waals surface area contributed by atoms with Gasteiger partial charge in [-0.1, -0.05) is 20.8 Å².